The molecule has 92 valence electrons. The Morgan fingerprint density at radius 2 is 1.83 bits per heavy atom. The first-order valence-corrected chi connectivity index (χ1v) is 6.27. The van der Waals surface area contributed by atoms with E-state index < -0.39 is 0 Å². The molecular formula is C14H13ClN2O. The number of aromatic nitrogens is 1. The Kier molecular flexibility index (Phi) is 3.07. The highest BCUT2D eigenvalue weighted by atomic mass is 35.5. The predicted molar refractivity (Wildman–Crippen MR) is 72.3 cm³/mol. The molecule has 3 rings (SSSR count). The van der Waals surface area contributed by atoms with E-state index in [2.05, 4.69) is 9.88 Å². The molecule has 0 amide bonds. The molecule has 0 N–H and O–H groups in total. The van der Waals surface area contributed by atoms with Crippen molar-refractivity contribution in [3.05, 3.63) is 53.8 Å². The molecule has 0 atom stereocenters. The van der Waals surface area contributed by atoms with Crippen LogP contribution in [0.25, 0.3) is 0 Å². The van der Waals surface area contributed by atoms with Gasteiger partial charge in [-0.05, 0) is 24.3 Å². The maximum atomic E-state index is 6.06. The zero-order valence-electron chi connectivity index (χ0n) is 9.79. The largest absolute Gasteiger partial charge is 0.485 e. The van der Waals surface area contributed by atoms with Crippen LogP contribution in [0.3, 0.4) is 0 Å². The second-order valence-electron chi connectivity index (χ2n) is 4.28. The first kappa shape index (κ1) is 11.4. The van der Waals surface area contributed by atoms with Crippen LogP contribution in [-0.4, -0.2) is 24.2 Å². The van der Waals surface area contributed by atoms with Gasteiger partial charge >= 0.3 is 0 Å². The summed E-state index contributed by atoms with van der Waals surface area (Å²) < 4.78 is 5.84. The van der Waals surface area contributed by atoms with Crippen LogP contribution < -0.4 is 9.64 Å². The van der Waals surface area contributed by atoms with Gasteiger partial charge in [-0.3, -0.25) is 4.98 Å². The number of para-hydroxylation sites is 1. The van der Waals surface area contributed by atoms with Crippen LogP contribution in [0.5, 0.6) is 5.75 Å². The average Bonchev–Trinajstić information content (AvgIpc) is 2.36. The number of anilines is 1. The van der Waals surface area contributed by atoms with E-state index >= 15 is 0 Å². The zero-order chi connectivity index (χ0) is 12.4. The van der Waals surface area contributed by atoms with Crippen LogP contribution in [0.2, 0.25) is 5.02 Å². The Morgan fingerprint density at radius 1 is 1.11 bits per heavy atom. The summed E-state index contributed by atoms with van der Waals surface area (Å²) in [7, 11) is 0. The summed E-state index contributed by atoms with van der Waals surface area (Å²) in [5, 5.41) is 0.667. The van der Waals surface area contributed by atoms with E-state index in [1.165, 1.54) is 5.69 Å². The van der Waals surface area contributed by atoms with Crippen molar-refractivity contribution < 1.29 is 4.74 Å². The molecule has 0 radical (unpaired) electrons. The van der Waals surface area contributed by atoms with Crippen molar-refractivity contribution in [3.8, 4) is 5.75 Å². The molecule has 1 saturated heterocycles. The number of rotatable bonds is 3. The molecule has 0 saturated carbocycles. The minimum absolute atomic E-state index is 0.207. The monoisotopic (exact) mass is 260 g/mol. The van der Waals surface area contributed by atoms with Gasteiger partial charge in [0.1, 0.15) is 11.9 Å². The Bertz CT molecular complexity index is 526. The highest BCUT2D eigenvalue weighted by molar-refractivity contribution is 6.32. The second-order valence-corrected chi connectivity index (χ2v) is 4.69. The quantitative estimate of drug-likeness (QED) is 0.848. The highest BCUT2D eigenvalue weighted by Crippen LogP contribution is 2.28. The fraction of sp³-hybridized carbons (Fsp3) is 0.214. The third-order valence-electron chi connectivity index (χ3n) is 3.01. The van der Waals surface area contributed by atoms with Gasteiger partial charge in [0.05, 0.1) is 18.1 Å². The van der Waals surface area contributed by atoms with Crippen molar-refractivity contribution in [1.82, 2.24) is 4.98 Å². The SMILES string of the molecule is Clc1ccccc1OC1CN(c2ccncc2)C1. The molecule has 18 heavy (non-hydrogen) atoms. The Balaban J connectivity index is 1.59. The van der Waals surface area contributed by atoms with Gasteiger partial charge in [0.15, 0.2) is 0 Å². The lowest BCUT2D eigenvalue weighted by Crippen LogP contribution is -2.54. The lowest BCUT2D eigenvalue weighted by Gasteiger charge is -2.40. The molecule has 0 spiro atoms. The topological polar surface area (TPSA) is 25.4 Å². The smallest absolute Gasteiger partial charge is 0.138 e. The predicted octanol–water partition coefficient (Wildman–Crippen LogP) is 3.00. The van der Waals surface area contributed by atoms with E-state index in [1.807, 2.05) is 36.4 Å². The summed E-state index contributed by atoms with van der Waals surface area (Å²) in [5.74, 6) is 0.763. The molecular weight excluding hydrogens is 248 g/mol. The molecule has 1 aliphatic heterocycles. The highest BCUT2D eigenvalue weighted by Gasteiger charge is 2.28. The van der Waals surface area contributed by atoms with Crippen molar-refractivity contribution in [2.24, 2.45) is 0 Å². The van der Waals surface area contributed by atoms with Crippen LogP contribution in [-0.2, 0) is 0 Å². The lowest BCUT2D eigenvalue weighted by molar-refractivity contribution is 0.167. The average molecular weight is 261 g/mol. The normalized spacial score (nSPS) is 15.3. The van der Waals surface area contributed by atoms with Gasteiger partial charge < -0.3 is 9.64 Å². The minimum atomic E-state index is 0.207. The van der Waals surface area contributed by atoms with E-state index in [-0.39, 0.29) is 6.10 Å². The number of hydrogen-bond donors (Lipinski definition) is 0. The lowest BCUT2D eigenvalue weighted by atomic mass is 10.1. The summed E-state index contributed by atoms with van der Waals surface area (Å²) in [6, 6.07) is 11.6. The van der Waals surface area contributed by atoms with E-state index in [4.69, 9.17) is 16.3 Å². The number of pyridine rings is 1. The van der Waals surface area contributed by atoms with Gasteiger partial charge in [0, 0.05) is 18.1 Å². The minimum Gasteiger partial charge on any atom is -0.485 e. The fourth-order valence-electron chi connectivity index (χ4n) is 2.00. The van der Waals surface area contributed by atoms with Crippen LogP contribution >= 0.6 is 11.6 Å². The van der Waals surface area contributed by atoms with Crippen molar-refractivity contribution in [2.75, 3.05) is 18.0 Å². The summed E-state index contributed by atoms with van der Waals surface area (Å²) in [4.78, 5) is 6.26. The van der Waals surface area contributed by atoms with Gasteiger partial charge in [-0.1, -0.05) is 23.7 Å². The molecule has 0 unspecified atom stereocenters. The Morgan fingerprint density at radius 3 is 2.56 bits per heavy atom. The number of halogens is 1. The molecule has 0 bridgehead atoms. The van der Waals surface area contributed by atoms with Crippen LogP contribution in [0.15, 0.2) is 48.8 Å². The third kappa shape index (κ3) is 2.27. The van der Waals surface area contributed by atoms with E-state index in [9.17, 15) is 0 Å². The number of hydrogen-bond acceptors (Lipinski definition) is 3. The first-order valence-electron chi connectivity index (χ1n) is 5.89. The molecule has 1 aromatic carbocycles. The summed E-state index contributed by atoms with van der Waals surface area (Å²) in [6.45, 7) is 1.77. The Hall–Kier alpha value is -1.74. The first-order chi connectivity index (χ1) is 8.83. The van der Waals surface area contributed by atoms with E-state index in [0.717, 1.165) is 18.8 Å². The fourth-order valence-corrected chi connectivity index (χ4v) is 2.18. The maximum Gasteiger partial charge on any atom is 0.138 e. The summed E-state index contributed by atoms with van der Waals surface area (Å²) in [5.41, 5.74) is 1.18. The van der Waals surface area contributed by atoms with Gasteiger partial charge in [-0.2, -0.15) is 0 Å². The number of ether oxygens (including phenoxy) is 1. The molecule has 4 heteroatoms. The zero-order valence-corrected chi connectivity index (χ0v) is 10.5. The van der Waals surface area contributed by atoms with Crippen molar-refractivity contribution in [3.63, 3.8) is 0 Å². The van der Waals surface area contributed by atoms with E-state index in [0.29, 0.717) is 5.02 Å². The molecule has 3 nitrogen and oxygen atoms in total. The van der Waals surface area contributed by atoms with Gasteiger partial charge in [-0.25, -0.2) is 0 Å². The third-order valence-corrected chi connectivity index (χ3v) is 3.32. The van der Waals surface area contributed by atoms with Crippen molar-refractivity contribution in [1.29, 1.82) is 0 Å². The maximum absolute atomic E-state index is 6.06. The molecule has 1 aromatic heterocycles. The number of benzene rings is 1. The van der Waals surface area contributed by atoms with Crippen molar-refractivity contribution >= 4 is 17.3 Å². The molecule has 0 aliphatic carbocycles. The standard InChI is InChI=1S/C14H13ClN2O/c15-13-3-1-2-4-14(13)18-12-9-17(10-12)11-5-7-16-8-6-11/h1-8,12H,9-10H2. The van der Waals surface area contributed by atoms with Crippen LogP contribution in [0.4, 0.5) is 5.69 Å². The molecule has 1 aliphatic rings. The van der Waals surface area contributed by atoms with Crippen LogP contribution in [0.1, 0.15) is 0 Å². The molecule has 2 heterocycles. The van der Waals surface area contributed by atoms with Gasteiger partial charge in [-0.15, -0.1) is 0 Å². The Labute approximate surface area is 111 Å². The number of nitrogens with zero attached hydrogens (tertiary/aromatic N) is 2. The van der Waals surface area contributed by atoms with Gasteiger partial charge in [0.25, 0.3) is 0 Å². The molecule has 1 fully saturated rings. The molecule has 2 aromatic rings. The van der Waals surface area contributed by atoms with E-state index in [1.54, 1.807) is 12.4 Å². The summed E-state index contributed by atoms with van der Waals surface area (Å²) >= 11 is 6.06. The van der Waals surface area contributed by atoms with Gasteiger partial charge in [0.2, 0.25) is 0 Å². The van der Waals surface area contributed by atoms with Crippen molar-refractivity contribution in [2.45, 2.75) is 6.10 Å². The summed E-state index contributed by atoms with van der Waals surface area (Å²) in [6.07, 6.45) is 3.81. The van der Waals surface area contributed by atoms with Crippen LogP contribution in [0, 0.1) is 0 Å². The second kappa shape index (κ2) is 4.86.